The van der Waals surface area contributed by atoms with Crippen LogP contribution in [0.2, 0.25) is 0 Å². The van der Waals surface area contributed by atoms with Crippen LogP contribution in [0.15, 0.2) is 53.4 Å². The van der Waals surface area contributed by atoms with E-state index in [1.165, 1.54) is 0 Å². The van der Waals surface area contributed by atoms with E-state index in [1.54, 1.807) is 32.4 Å². The van der Waals surface area contributed by atoms with Gasteiger partial charge in [0.25, 0.3) is 0 Å². The topological polar surface area (TPSA) is 90.6 Å². The van der Waals surface area contributed by atoms with Gasteiger partial charge >= 0.3 is 0 Å². The first-order valence-corrected chi connectivity index (χ1v) is 10.3. The molecule has 0 radical (unpaired) electrons. The van der Waals surface area contributed by atoms with Crippen LogP contribution in [0.5, 0.6) is 11.5 Å². The van der Waals surface area contributed by atoms with Crippen LogP contribution < -0.4 is 19.9 Å². The van der Waals surface area contributed by atoms with Crippen LogP contribution in [0.4, 0.5) is 5.69 Å². The fraction of sp³-hybridized carbons (Fsp3) is 0.300. The van der Waals surface area contributed by atoms with Gasteiger partial charge in [0.05, 0.1) is 25.2 Å². The summed E-state index contributed by atoms with van der Waals surface area (Å²) in [6.07, 6.45) is 5.23. The molecule has 2 aromatic carbocycles. The average Bonchev–Trinajstić information content (AvgIpc) is 3.15. The number of hydrogen-bond donors (Lipinski definition) is 2. The van der Waals surface area contributed by atoms with Crippen LogP contribution in [0.1, 0.15) is 29.5 Å². The van der Waals surface area contributed by atoms with Gasteiger partial charge in [-0.2, -0.15) is 0 Å². The van der Waals surface area contributed by atoms with Crippen molar-refractivity contribution in [2.45, 2.75) is 23.3 Å². The fourth-order valence-corrected chi connectivity index (χ4v) is 4.67. The first-order chi connectivity index (χ1) is 12.9. The molecule has 0 fully saturated rings. The molecule has 0 saturated heterocycles. The summed E-state index contributed by atoms with van der Waals surface area (Å²) in [5.41, 5.74) is 3.00. The Morgan fingerprint density at radius 3 is 2.56 bits per heavy atom. The van der Waals surface area contributed by atoms with Crippen LogP contribution >= 0.6 is 0 Å². The molecule has 0 amide bonds. The van der Waals surface area contributed by atoms with Crippen molar-refractivity contribution in [1.82, 2.24) is 0 Å². The van der Waals surface area contributed by atoms with E-state index in [9.17, 15) is 8.42 Å². The minimum Gasteiger partial charge on any atom is -0.493 e. The number of benzene rings is 2. The van der Waals surface area contributed by atoms with Crippen molar-refractivity contribution in [3.05, 3.63) is 59.7 Å². The molecule has 0 spiro atoms. The number of fused-ring (bicyclic) bond motifs is 3. The third kappa shape index (κ3) is 3.07. The molecule has 7 heteroatoms. The lowest BCUT2D eigenvalue weighted by atomic mass is 9.77. The van der Waals surface area contributed by atoms with Gasteiger partial charge in [0.15, 0.2) is 11.5 Å². The van der Waals surface area contributed by atoms with Crippen LogP contribution in [0.3, 0.4) is 0 Å². The maximum Gasteiger partial charge on any atom is 0.238 e. The van der Waals surface area contributed by atoms with Gasteiger partial charge in [0, 0.05) is 11.6 Å². The Hall–Kier alpha value is -2.51. The molecule has 4 rings (SSSR count). The highest BCUT2D eigenvalue weighted by atomic mass is 32.2. The number of primary sulfonamides is 1. The van der Waals surface area contributed by atoms with Crippen molar-refractivity contribution in [2.75, 3.05) is 19.5 Å². The SMILES string of the molecule is COc1ccc(C2Nc3ccc(S(N)(=O)=O)cc3C3C=CCC32)cc1OC. The third-order valence-corrected chi connectivity index (χ3v) is 6.34. The Bertz CT molecular complexity index is 1020. The van der Waals surface area contributed by atoms with Crippen LogP contribution in [-0.2, 0) is 10.0 Å². The van der Waals surface area contributed by atoms with Crippen molar-refractivity contribution in [3.63, 3.8) is 0 Å². The standard InChI is InChI=1S/C20H22N2O4S/c1-25-18-9-6-12(10-19(18)26-2)20-15-5-3-4-14(15)16-11-13(27(21,23)24)7-8-17(16)22-20/h3-4,6-11,14-15,20,22H,5H2,1-2H3,(H2,21,23,24). The zero-order valence-corrected chi connectivity index (χ0v) is 16.0. The number of nitrogens with one attached hydrogen (secondary N) is 1. The molecule has 142 valence electrons. The highest BCUT2D eigenvalue weighted by Gasteiger charge is 2.38. The minimum atomic E-state index is -3.73. The number of rotatable bonds is 4. The van der Waals surface area contributed by atoms with Crippen LogP contribution in [0, 0.1) is 5.92 Å². The van der Waals surface area contributed by atoms with Gasteiger partial charge in [0.1, 0.15) is 0 Å². The molecule has 1 aliphatic carbocycles. The zero-order chi connectivity index (χ0) is 19.2. The monoisotopic (exact) mass is 386 g/mol. The van der Waals surface area contributed by atoms with Crippen molar-refractivity contribution in [1.29, 1.82) is 0 Å². The van der Waals surface area contributed by atoms with Crippen molar-refractivity contribution >= 4 is 15.7 Å². The molecule has 3 N–H and O–H groups in total. The Labute approximate surface area is 159 Å². The number of methoxy groups -OCH3 is 2. The second-order valence-corrected chi connectivity index (χ2v) is 8.45. The Balaban J connectivity index is 1.77. The number of ether oxygens (including phenoxy) is 2. The highest BCUT2D eigenvalue weighted by Crippen LogP contribution is 2.50. The molecule has 2 aliphatic rings. The van der Waals surface area contributed by atoms with E-state index < -0.39 is 10.0 Å². The molecule has 1 heterocycles. The summed E-state index contributed by atoms with van der Waals surface area (Å²) in [4.78, 5) is 0.145. The van der Waals surface area contributed by atoms with Crippen LogP contribution in [-0.4, -0.2) is 22.6 Å². The molecule has 3 atom stereocenters. The Kier molecular flexibility index (Phi) is 4.36. The predicted molar refractivity (Wildman–Crippen MR) is 104 cm³/mol. The summed E-state index contributed by atoms with van der Waals surface area (Å²) in [5.74, 6) is 1.80. The zero-order valence-electron chi connectivity index (χ0n) is 15.2. The molecule has 0 bridgehead atoms. The summed E-state index contributed by atoms with van der Waals surface area (Å²) < 4.78 is 34.3. The molecule has 0 aromatic heterocycles. The fourth-order valence-electron chi connectivity index (χ4n) is 4.13. The lowest BCUT2D eigenvalue weighted by Gasteiger charge is -2.37. The summed E-state index contributed by atoms with van der Waals surface area (Å²) in [5, 5.41) is 8.89. The Morgan fingerprint density at radius 1 is 1.07 bits per heavy atom. The molecule has 6 nitrogen and oxygen atoms in total. The van der Waals surface area contributed by atoms with Gasteiger partial charge in [-0.05, 0) is 53.8 Å². The first kappa shape index (κ1) is 17.9. The summed E-state index contributed by atoms with van der Waals surface area (Å²) in [6.45, 7) is 0. The maximum absolute atomic E-state index is 11.7. The average molecular weight is 386 g/mol. The van der Waals surface area contributed by atoms with Gasteiger partial charge in [-0.1, -0.05) is 18.2 Å². The number of allylic oxidation sites excluding steroid dienone is 2. The molecule has 3 unspecified atom stereocenters. The highest BCUT2D eigenvalue weighted by molar-refractivity contribution is 7.89. The molecule has 1 aliphatic heterocycles. The molecule has 27 heavy (non-hydrogen) atoms. The van der Waals surface area contributed by atoms with Crippen molar-refractivity contribution < 1.29 is 17.9 Å². The van der Waals surface area contributed by atoms with Gasteiger partial charge in [-0.15, -0.1) is 0 Å². The molecular formula is C20H22N2O4S. The number of hydrogen-bond acceptors (Lipinski definition) is 5. The molecular weight excluding hydrogens is 364 g/mol. The number of nitrogens with two attached hydrogens (primary N) is 1. The third-order valence-electron chi connectivity index (χ3n) is 5.43. The second-order valence-electron chi connectivity index (χ2n) is 6.88. The first-order valence-electron chi connectivity index (χ1n) is 8.74. The van der Waals surface area contributed by atoms with E-state index in [4.69, 9.17) is 14.6 Å². The largest absolute Gasteiger partial charge is 0.493 e. The van der Waals surface area contributed by atoms with E-state index in [0.717, 1.165) is 23.2 Å². The van der Waals surface area contributed by atoms with Crippen LogP contribution in [0.25, 0.3) is 0 Å². The van der Waals surface area contributed by atoms with Gasteiger partial charge in [-0.25, -0.2) is 13.6 Å². The van der Waals surface area contributed by atoms with Gasteiger partial charge in [0.2, 0.25) is 10.0 Å². The molecule has 0 saturated carbocycles. The number of anilines is 1. The molecule has 2 aromatic rings. The van der Waals surface area contributed by atoms with Gasteiger partial charge < -0.3 is 14.8 Å². The normalized spacial score (nSPS) is 23.3. The van der Waals surface area contributed by atoms with E-state index in [0.29, 0.717) is 11.5 Å². The second kappa shape index (κ2) is 6.58. The Morgan fingerprint density at radius 2 is 1.85 bits per heavy atom. The van der Waals surface area contributed by atoms with Crippen molar-refractivity contribution in [3.8, 4) is 11.5 Å². The number of sulfonamides is 1. The van der Waals surface area contributed by atoms with E-state index in [1.807, 2.05) is 18.2 Å². The quantitative estimate of drug-likeness (QED) is 0.788. The smallest absolute Gasteiger partial charge is 0.238 e. The lowest BCUT2D eigenvalue weighted by molar-refractivity contribution is 0.353. The minimum absolute atomic E-state index is 0.0811. The maximum atomic E-state index is 11.7. The summed E-state index contributed by atoms with van der Waals surface area (Å²) in [7, 11) is -0.487. The predicted octanol–water partition coefficient (Wildman–Crippen LogP) is 3.18. The van der Waals surface area contributed by atoms with E-state index >= 15 is 0 Å². The van der Waals surface area contributed by atoms with E-state index in [2.05, 4.69) is 17.5 Å². The summed E-state index contributed by atoms with van der Waals surface area (Å²) in [6, 6.07) is 11.1. The lowest BCUT2D eigenvalue weighted by Crippen LogP contribution is -2.29. The van der Waals surface area contributed by atoms with Gasteiger partial charge in [-0.3, -0.25) is 0 Å². The summed E-state index contributed by atoms with van der Waals surface area (Å²) >= 11 is 0. The van der Waals surface area contributed by atoms with Crippen molar-refractivity contribution in [2.24, 2.45) is 11.1 Å². The van der Waals surface area contributed by atoms with E-state index in [-0.39, 0.29) is 22.8 Å².